The first-order valence-corrected chi connectivity index (χ1v) is 10.8. The summed E-state index contributed by atoms with van der Waals surface area (Å²) in [6, 6.07) is 6.37. The lowest BCUT2D eigenvalue weighted by molar-refractivity contribution is -0.882. The Morgan fingerprint density at radius 1 is 1.10 bits per heavy atom. The van der Waals surface area contributed by atoms with E-state index in [2.05, 4.69) is 5.32 Å². The molecule has 8 heteroatoms. The number of imide groups is 1. The zero-order valence-corrected chi connectivity index (χ0v) is 17.9. The lowest BCUT2D eigenvalue weighted by Crippen LogP contribution is -3.14. The van der Waals surface area contributed by atoms with E-state index in [1.165, 1.54) is 18.6 Å². The summed E-state index contributed by atoms with van der Waals surface area (Å²) >= 11 is 0. The highest BCUT2D eigenvalue weighted by Gasteiger charge is 2.28. The first-order valence-electron chi connectivity index (χ1n) is 10.8. The standard InChI is InChI=1S/C22H32FN3O4/c1-3-25(15-20(27)24-22(29)30-4-2)16-21(28)26(19-8-6-5-7-9-19)14-17-10-12-18(23)13-11-17/h10-13,19H,3-9,14-16H2,1-2H3,(H,24,27,29)/p+1. The van der Waals surface area contributed by atoms with Crippen LogP contribution in [0.2, 0.25) is 0 Å². The van der Waals surface area contributed by atoms with Gasteiger partial charge in [0.25, 0.3) is 11.8 Å². The fourth-order valence-electron chi connectivity index (χ4n) is 3.78. The molecule has 0 aromatic heterocycles. The number of carbonyl (C=O) groups is 3. The summed E-state index contributed by atoms with van der Waals surface area (Å²) in [5.41, 5.74) is 0.883. The second kappa shape index (κ2) is 12.3. The van der Waals surface area contributed by atoms with E-state index in [-0.39, 0.29) is 37.5 Å². The number of ether oxygens (including phenoxy) is 1. The van der Waals surface area contributed by atoms with Crippen molar-refractivity contribution in [1.82, 2.24) is 10.2 Å². The van der Waals surface area contributed by atoms with E-state index < -0.39 is 12.0 Å². The lowest BCUT2D eigenvalue weighted by Gasteiger charge is -2.35. The topological polar surface area (TPSA) is 80.1 Å². The number of benzene rings is 1. The van der Waals surface area contributed by atoms with Gasteiger partial charge >= 0.3 is 6.09 Å². The summed E-state index contributed by atoms with van der Waals surface area (Å²) in [5, 5.41) is 2.18. The van der Waals surface area contributed by atoms with Crippen LogP contribution in [0.5, 0.6) is 0 Å². The van der Waals surface area contributed by atoms with Crippen molar-refractivity contribution in [3.05, 3.63) is 35.6 Å². The Kier molecular flexibility index (Phi) is 9.73. The zero-order chi connectivity index (χ0) is 21.9. The SMILES string of the molecule is CCOC(=O)NC(=O)C[NH+](CC)CC(=O)N(Cc1ccc(F)cc1)C1CCCCC1. The average Bonchev–Trinajstić information content (AvgIpc) is 2.73. The number of alkyl carbamates (subject to hydrolysis) is 1. The zero-order valence-electron chi connectivity index (χ0n) is 17.9. The van der Waals surface area contributed by atoms with Crippen LogP contribution in [0, 0.1) is 5.82 Å². The third kappa shape index (κ3) is 7.74. The maximum atomic E-state index is 13.3. The number of likely N-dealkylation sites (N-methyl/N-ethyl adjacent to an activating group) is 1. The molecular weight excluding hydrogens is 389 g/mol. The molecule has 1 fully saturated rings. The Morgan fingerprint density at radius 3 is 2.37 bits per heavy atom. The molecule has 1 aromatic carbocycles. The molecule has 0 heterocycles. The summed E-state index contributed by atoms with van der Waals surface area (Å²) in [6.07, 6.45) is 4.49. The molecule has 3 amide bonds. The minimum atomic E-state index is -0.774. The molecule has 0 radical (unpaired) electrons. The minimum absolute atomic E-state index is 0.0100. The van der Waals surface area contributed by atoms with Gasteiger partial charge < -0.3 is 14.5 Å². The van der Waals surface area contributed by atoms with Crippen molar-refractivity contribution in [2.24, 2.45) is 0 Å². The number of carbonyl (C=O) groups excluding carboxylic acids is 3. The van der Waals surface area contributed by atoms with E-state index in [9.17, 15) is 18.8 Å². The predicted octanol–water partition coefficient (Wildman–Crippen LogP) is 1.66. The van der Waals surface area contributed by atoms with Gasteiger partial charge in [-0.15, -0.1) is 0 Å². The van der Waals surface area contributed by atoms with E-state index in [1.54, 1.807) is 19.1 Å². The first-order chi connectivity index (χ1) is 14.4. The number of halogens is 1. The van der Waals surface area contributed by atoms with Gasteiger partial charge in [0.05, 0.1) is 13.2 Å². The maximum absolute atomic E-state index is 13.3. The molecule has 30 heavy (non-hydrogen) atoms. The number of hydrogen-bond acceptors (Lipinski definition) is 4. The van der Waals surface area contributed by atoms with Crippen molar-refractivity contribution in [3.8, 4) is 0 Å². The van der Waals surface area contributed by atoms with Gasteiger partial charge in [0.1, 0.15) is 5.82 Å². The Balaban J connectivity index is 2.02. The van der Waals surface area contributed by atoms with Crippen LogP contribution in [0.15, 0.2) is 24.3 Å². The van der Waals surface area contributed by atoms with Crippen molar-refractivity contribution in [2.75, 3.05) is 26.2 Å². The summed E-state index contributed by atoms with van der Waals surface area (Å²) in [7, 11) is 0. The highest BCUT2D eigenvalue weighted by molar-refractivity contribution is 5.92. The summed E-state index contributed by atoms with van der Waals surface area (Å²) in [6.45, 7) is 4.90. The monoisotopic (exact) mass is 422 g/mol. The molecule has 1 aliphatic carbocycles. The van der Waals surface area contributed by atoms with E-state index in [0.717, 1.165) is 36.1 Å². The summed E-state index contributed by atoms with van der Waals surface area (Å²) in [4.78, 5) is 39.3. The predicted molar refractivity (Wildman–Crippen MR) is 110 cm³/mol. The third-order valence-electron chi connectivity index (χ3n) is 5.43. The van der Waals surface area contributed by atoms with Crippen LogP contribution in [0.25, 0.3) is 0 Å². The Hall–Kier alpha value is -2.48. The van der Waals surface area contributed by atoms with Crippen molar-refractivity contribution in [3.63, 3.8) is 0 Å². The van der Waals surface area contributed by atoms with Crippen LogP contribution in [0.3, 0.4) is 0 Å². The maximum Gasteiger partial charge on any atom is 0.414 e. The number of nitrogens with one attached hydrogen (secondary N) is 2. The molecule has 0 aliphatic heterocycles. The minimum Gasteiger partial charge on any atom is -0.450 e. The first kappa shape index (κ1) is 23.8. The van der Waals surface area contributed by atoms with Crippen LogP contribution >= 0.6 is 0 Å². The number of amides is 3. The van der Waals surface area contributed by atoms with E-state index in [4.69, 9.17) is 4.74 Å². The van der Waals surface area contributed by atoms with Gasteiger partial charge in [0.15, 0.2) is 13.1 Å². The Labute approximate surface area is 177 Å². The summed E-state index contributed by atoms with van der Waals surface area (Å²) < 4.78 is 18.0. The molecule has 1 aromatic rings. The van der Waals surface area contributed by atoms with Crippen molar-refractivity contribution < 1.29 is 28.4 Å². The Morgan fingerprint density at radius 2 is 1.77 bits per heavy atom. The van der Waals surface area contributed by atoms with Crippen molar-refractivity contribution in [2.45, 2.75) is 58.5 Å². The molecule has 1 aliphatic rings. The molecule has 2 N–H and O–H groups in total. The smallest absolute Gasteiger partial charge is 0.414 e. The van der Waals surface area contributed by atoms with E-state index in [1.807, 2.05) is 11.8 Å². The van der Waals surface area contributed by atoms with Crippen molar-refractivity contribution in [1.29, 1.82) is 0 Å². The number of nitrogens with zero attached hydrogens (tertiary/aromatic N) is 1. The fourth-order valence-corrected chi connectivity index (χ4v) is 3.78. The molecular formula is C22H33FN3O4+. The number of rotatable bonds is 9. The second-order valence-corrected chi connectivity index (χ2v) is 7.67. The molecule has 0 saturated heterocycles. The highest BCUT2D eigenvalue weighted by atomic mass is 19.1. The third-order valence-corrected chi connectivity index (χ3v) is 5.43. The largest absolute Gasteiger partial charge is 0.450 e. The van der Waals surface area contributed by atoms with Crippen LogP contribution in [0.4, 0.5) is 9.18 Å². The van der Waals surface area contributed by atoms with Crippen LogP contribution in [-0.2, 0) is 20.9 Å². The highest BCUT2D eigenvalue weighted by Crippen LogP contribution is 2.24. The van der Waals surface area contributed by atoms with Gasteiger partial charge in [-0.3, -0.25) is 14.9 Å². The quantitative estimate of drug-likeness (QED) is 0.634. The average molecular weight is 423 g/mol. The molecule has 7 nitrogen and oxygen atoms in total. The molecule has 1 unspecified atom stereocenters. The molecule has 1 saturated carbocycles. The van der Waals surface area contributed by atoms with E-state index >= 15 is 0 Å². The van der Waals surface area contributed by atoms with Gasteiger partial charge in [-0.1, -0.05) is 31.4 Å². The molecule has 0 bridgehead atoms. The Bertz CT molecular complexity index is 705. The van der Waals surface area contributed by atoms with Gasteiger partial charge in [-0.25, -0.2) is 9.18 Å². The van der Waals surface area contributed by atoms with Gasteiger partial charge in [0, 0.05) is 12.6 Å². The molecule has 166 valence electrons. The molecule has 2 rings (SSSR count). The summed E-state index contributed by atoms with van der Waals surface area (Å²) in [5.74, 6) is -0.809. The molecule has 1 atom stereocenters. The van der Waals surface area contributed by atoms with Crippen molar-refractivity contribution >= 4 is 17.9 Å². The number of quaternary nitrogens is 1. The second-order valence-electron chi connectivity index (χ2n) is 7.67. The van der Waals surface area contributed by atoms with E-state index in [0.29, 0.717) is 13.1 Å². The van der Waals surface area contributed by atoms with Gasteiger partial charge in [-0.05, 0) is 44.4 Å². The molecule has 0 spiro atoms. The van der Waals surface area contributed by atoms with Gasteiger partial charge in [0.2, 0.25) is 0 Å². The lowest BCUT2D eigenvalue weighted by atomic mass is 9.93. The van der Waals surface area contributed by atoms with Gasteiger partial charge in [-0.2, -0.15) is 0 Å². The normalized spacial score (nSPS) is 15.3. The van der Waals surface area contributed by atoms with Crippen LogP contribution in [0.1, 0.15) is 51.5 Å². The number of hydrogen-bond donors (Lipinski definition) is 2. The van der Waals surface area contributed by atoms with Crippen LogP contribution in [-0.4, -0.2) is 55.1 Å². The van der Waals surface area contributed by atoms with Crippen LogP contribution < -0.4 is 10.2 Å². The fraction of sp³-hybridized carbons (Fsp3) is 0.591.